The number of tetrazole rings is 1. The Hall–Kier alpha value is -2.70. The summed E-state index contributed by atoms with van der Waals surface area (Å²) in [6.07, 6.45) is 1.09. The predicted octanol–water partition coefficient (Wildman–Crippen LogP) is 1.21. The number of nitrogens with one attached hydrogen (secondary N) is 1. The van der Waals surface area contributed by atoms with Crippen molar-refractivity contribution in [3.05, 3.63) is 42.5 Å². The largest absolute Gasteiger partial charge is 0.369 e. The smallest absolute Gasteiger partial charge is 0.200 e. The number of hydrogen-bond acceptors (Lipinski definition) is 6. The van der Waals surface area contributed by atoms with E-state index in [1.54, 1.807) is 0 Å². The van der Waals surface area contributed by atoms with Crippen LogP contribution >= 0.6 is 0 Å². The fourth-order valence-electron chi connectivity index (χ4n) is 2.69. The number of anilines is 2. The van der Waals surface area contributed by atoms with Crippen molar-refractivity contribution >= 4 is 17.2 Å². The molecule has 1 unspecified atom stereocenters. The van der Waals surface area contributed by atoms with Crippen molar-refractivity contribution in [2.75, 3.05) is 23.3 Å². The molecule has 1 N–H and O–H groups in total. The summed E-state index contributed by atoms with van der Waals surface area (Å²) in [5.41, 5.74) is 1.92. The zero-order chi connectivity index (χ0) is 14.1. The van der Waals surface area contributed by atoms with Crippen molar-refractivity contribution in [1.29, 1.82) is 0 Å². The Morgan fingerprint density at radius 1 is 1.10 bits per heavy atom. The highest BCUT2D eigenvalue weighted by atomic mass is 15.6. The van der Waals surface area contributed by atoms with Crippen LogP contribution in [0.1, 0.15) is 6.42 Å². The number of aromatic nitrogens is 5. The lowest BCUT2D eigenvalue weighted by Crippen LogP contribution is -2.26. The Bertz CT molecular complexity index is 739. The average molecular weight is 281 g/mol. The zero-order valence-electron chi connectivity index (χ0n) is 11.4. The highest BCUT2D eigenvalue weighted by molar-refractivity contribution is 5.49. The molecule has 1 fully saturated rings. The van der Waals surface area contributed by atoms with Gasteiger partial charge in [-0.1, -0.05) is 18.2 Å². The quantitative estimate of drug-likeness (QED) is 0.778. The third kappa shape index (κ3) is 2.37. The molecule has 0 saturated carbocycles. The van der Waals surface area contributed by atoms with Crippen molar-refractivity contribution in [3.8, 4) is 0 Å². The fraction of sp³-hybridized carbons (Fsp3) is 0.286. The summed E-state index contributed by atoms with van der Waals surface area (Å²) in [5.74, 6) is 0.801. The number of benzene rings is 1. The minimum absolute atomic E-state index is 0.381. The third-order valence-electron chi connectivity index (χ3n) is 3.73. The van der Waals surface area contributed by atoms with Gasteiger partial charge in [-0.05, 0) is 41.1 Å². The van der Waals surface area contributed by atoms with E-state index in [4.69, 9.17) is 0 Å². The Kier molecular flexibility index (Phi) is 2.88. The summed E-state index contributed by atoms with van der Waals surface area (Å²) in [6.45, 7) is 2.02. The van der Waals surface area contributed by atoms with Gasteiger partial charge >= 0.3 is 0 Å². The maximum absolute atomic E-state index is 4.35. The molecular weight excluding hydrogens is 266 g/mol. The molecule has 0 spiro atoms. The Labute approximate surface area is 121 Å². The molecule has 1 aliphatic rings. The molecule has 0 radical (unpaired) electrons. The van der Waals surface area contributed by atoms with E-state index in [0.29, 0.717) is 11.7 Å². The molecule has 21 heavy (non-hydrogen) atoms. The molecular formula is C14H15N7. The molecule has 1 atom stereocenters. The highest BCUT2D eigenvalue weighted by Gasteiger charge is 2.22. The van der Waals surface area contributed by atoms with E-state index >= 15 is 0 Å². The lowest BCUT2D eigenvalue weighted by molar-refractivity contribution is 0.722. The van der Waals surface area contributed by atoms with Crippen LogP contribution in [0.5, 0.6) is 0 Å². The summed E-state index contributed by atoms with van der Waals surface area (Å²) < 4.78 is 1.44. The van der Waals surface area contributed by atoms with Gasteiger partial charge in [-0.3, -0.25) is 0 Å². The molecule has 7 nitrogen and oxygen atoms in total. The van der Waals surface area contributed by atoms with E-state index in [1.165, 1.54) is 10.3 Å². The monoisotopic (exact) mass is 281 g/mol. The predicted molar refractivity (Wildman–Crippen MR) is 79.3 cm³/mol. The number of hydrogen-bond donors (Lipinski definition) is 1. The topological polar surface area (TPSA) is 71.2 Å². The van der Waals surface area contributed by atoms with Gasteiger partial charge in [-0.15, -0.1) is 14.8 Å². The van der Waals surface area contributed by atoms with E-state index in [-0.39, 0.29) is 0 Å². The lowest BCUT2D eigenvalue weighted by Gasteiger charge is -2.19. The molecule has 4 rings (SSSR count). The number of rotatable bonds is 3. The van der Waals surface area contributed by atoms with E-state index < -0.39 is 0 Å². The van der Waals surface area contributed by atoms with Crippen LogP contribution in [0.2, 0.25) is 0 Å². The van der Waals surface area contributed by atoms with E-state index in [9.17, 15) is 0 Å². The molecule has 1 aromatic carbocycles. The van der Waals surface area contributed by atoms with E-state index in [2.05, 4.69) is 55.1 Å². The van der Waals surface area contributed by atoms with E-state index in [1.807, 2.05) is 18.2 Å². The molecule has 0 bridgehead atoms. The lowest BCUT2D eigenvalue weighted by atomic mass is 10.2. The molecule has 3 heterocycles. The van der Waals surface area contributed by atoms with Gasteiger partial charge in [0.05, 0.1) is 0 Å². The van der Waals surface area contributed by atoms with Crippen LogP contribution in [0.25, 0.3) is 5.65 Å². The highest BCUT2D eigenvalue weighted by Crippen LogP contribution is 2.21. The first-order valence-electron chi connectivity index (χ1n) is 7.00. The Balaban J connectivity index is 1.46. The van der Waals surface area contributed by atoms with Crippen LogP contribution in [0, 0.1) is 0 Å². The molecule has 2 aromatic heterocycles. The first kappa shape index (κ1) is 12.1. The van der Waals surface area contributed by atoms with Gasteiger partial charge in [0, 0.05) is 24.8 Å². The third-order valence-corrected chi connectivity index (χ3v) is 3.73. The zero-order valence-corrected chi connectivity index (χ0v) is 11.4. The minimum Gasteiger partial charge on any atom is -0.369 e. The maximum Gasteiger partial charge on any atom is 0.200 e. The second-order valence-corrected chi connectivity index (χ2v) is 5.16. The first-order valence-corrected chi connectivity index (χ1v) is 7.00. The second kappa shape index (κ2) is 5.01. The van der Waals surface area contributed by atoms with Gasteiger partial charge in [0.2, 0.25) is 0 Å². The SMILES string of the molecule is c1ccc(N2CCC(Nc3ccc4nnnn4n3)C2)cc1. The molecule has 7 heteroatoms. The van der Waals surface area contributed by atoms with Crippen LogP contribution in [0.3, 0.4) is 0 Å². The van der Waals surface area contributed by atoms with Crippen LogP contribution in [0.15, 0.2) is 42.5 Å². The molecule has 106 valence electrons. The first-order chi connectivity index (χ1) is 10.4. The summed E-state index contributed by atoms with van der Waals surface area (Å²) in [7, 11) is 0. The van der Waals surface area contributed by atoms with Crippen molar-refractivity contribution < 1.29 is 0 Å². The van der Waals surface area contributed by atoms with Crippen LogP contribution in [0.4, 0.5) is 11.5 Å². The second-order valence-electron chi connectivity index (χ2n) is 5.16. The standard InChI is InChI=1S/C14H15N7/c1-2-4-12(5-3-1)20-9-8-11(10-20)15-13-6-7-14-16-18-19-21(14)17-13/h1-7,11H,8-10H2,(H,15,17). The summed E-state index contributed by atoms with van der Waals surface area (Å²) in [5, 5.41) is 19.0. The molecule has 3 aromatic rings. The Morgan fingerprint density at radius 2 is 2.00 bits per heavy atom. The number of nitrogens with zero attached hydrogens (tertiary/aromatic N) is 6. The summed E-state index contributed by atoms with van der Waals surface area (Å²) >= 11 is 0. The summed E-state index contributed by atoms with van der Waals surface area (Å²) in [4.78, 5) is 2.38. The Morgan fingerprint density at radius 3 is 2.90 bits per heavy atom. The number of para-hydroxylation sites is 1. The van der Waals surface area contributed by atoms with Crippen molar-refractivity contribution in [1.82, 2.24) is 25.3 Å². The van der Waals surface area contributed by atoms with Gasteiger partial charge in [-0.2, -0.15) is 0 Å². The van der Waals surface area contributed by atoms with Gasteiger partial charge in [-0.25, -0.2) is 0 Å². The van der Waals surface area contributed by atoms with Crippen LogP contribution < -0.4 is 10.2 Å². The van der Waals surface area contributed by atoms with Crippen LogP contribution in [-0.4, -0.2) is 44.4 Å². The van der Waals surface area contributed by atoms with Gasteiger partial charge in [0.15, 0.2) is 5.65 Å². The van der Waals surface area contributed by atoms with Gasteiger partial charge in [0.25, 0.3) is 0 Å². The van der Waals surface area contributed by atoms with E-state index in [0.717, 1.165) is 25.3 Å². The number of fused-ring (bicyclic) bond motifs is 1. The molecule has 0 aliphatic carbocycles. The van der Waals surface area contributed by atoms with Gasteiger partial charge < -0.3 is 10.2 Å². The molecule has 0 amide bonds. The average Bonchev–Trinajstić information content (AvgIpc) is 3.17. The summed E-state index contributed by atoms with van der Waals surface area (Å²) in [6, 6.07) is 14.6. The van der Waals surface area contributed by atoms with Gasteiger partial charge in [0.1, 0.15) is 5.82 Å². The molecule has 1 saturated heterocycles. The normalized spacial score (nSPS) is 18.3. The molecule has 1 aliphatic heterocycles. The van der Waals surface area contributed by atoms with Crippen molar-refractivity contribution in [2.24, 2.45) is 0 Å². The van der Waals surface area contributed by atoms with Crippen LogP contribution in [-0.2, 0) is 0 Å². The van der Waals surface area contributed by atoms with Crippen molar-refractivity contribution in [3.63, 3.8) is 0 Å². The maximum atomic E-state index is 4.35. The minimum atomic E-state index is 0.381. The fourth-order valence-corrected chi connectivity index (χ4v) is 2.69. The van der Waals surface area contributed by atoms with Crippen molar-refractivity contribution in [2.45, 2.75) is 12.5 Å².